The van der Waals surface area contributed by atoms with Gasteiger partial charge in [-0.1, -0.05) is 60.7 Å². The molecule has 5 radical (unpaired) electrons. The van der Waals surface area contributed by atoms with Crippen molar-refractivity contribution in [2.24, 2.45) is 0 Å². The summed E-state index contributed by atoms with van der Waals surface area (Å²) in [6, 6.07) is 20.4. The maximum Gasteiger partial charge on any atom is 0.303 e. The van der Waals surface area contributed by atoms with E-state index in [1.807, 2.05) is 42.8 Å². The average molecular weight is 346 g/mol. The smallest absolute Gasteiger partial charge is 0.303 e. The molecule has 2 atom stereocenters. The van der Waals surface area contributed by atoms with Gasteiger partial charge in [0.15, 0.2) is 0 Å². The van der Waals surface area contributed by atoms with Gasteiger partial charge in [0.25, 0.3) is 0 Å². The highest BCUT2D eigenvalue weighted by Crippen LogP contribution is 2.50. The first kappa shape index (κ1) is 18.7. The Balaban J connectivity index is 1.94. The van der Waals surface area contributed by atoms with Gasteiger partial charge < -0.3 is 9.64 Å². The molecule has 133 valence electrons. The number of hydrogen-bond donors (Lipinski definition) is 0. The average Bonchev–Trinajstić information content (AvgIpc) is 3.10. The zero-order chi connectivity index (χ0) is 18.5. The van der Waals surface area contributed by atoms with Crippen molar-refractivity contribution in [3.8, 4) is 0 Å². The number of hydrogen-bond acceptors (Lipinski definition) is 3. The second-order valence-corrected chi connectivity index (χ2v) is 6.61. The maximum atomic E-state index is 11.8. The summed E-state index contributed by atoms with van der Waals surface area (Å²) in [6.07, 6.45) is 5.79. The molecule has 0 aliphatic heterocycles. The Labute approximate surface area is 157 Å². The lowest BCUT2D eigenvalue weighted by molar-refractivity contribution is -0.145. The third-order valence-electron chi connectivity index (χ3n) is 4.48. The molecule has 1 fully saturated rings. The molecule has 3 heteroatoms. The lowest BCUT2D eigenvalue weighted by atomic mass is 9.79. The van der Waals surface area contributed by atoms with Crippen LogP contribution in [0.25, 0.3) is 0 Å². The van der Waals surface area contributed by atoms with Crippen LogP contribution < -0.4 is 0 Å². The predicted octanol–water partition coefficient (Wildman–Crippen LogP) is 4.37. The highest BCUT2D eigenvalue weighted by atomic mass is 16.5. The summed E-state index contributed by atoms with van der Waals surface area (Å²) in [6.45, 7) is 1.46. The number of benzene rings is 2. The lowest BCUT2D eigenvalue weighted by Crippen LogP contribution is -2.31. The van der Waals surface area contributed by atoms with Crippen LogP contribution >= 0.6 is 0 Å². The minimum Gasteiger partial charge on any atom is -0.457 e. The second kappa shape index (κ2) is 8.50. The van der Waals surface area contributed by atoms with Crippen LogP contribution in [0.4, 0.5) is 0 Å². The summed E-state index contributed by atoms with van der Waals surface area (Å²) in [5.41, 5.74) is 2.18. The SMILES string of the molecule is CC(=O)O[C@H]([C]1[CH][CH][CH][C]1[C@H](c1ccccc1)N(C)C)c1ccccc1. The van der Waals surface area contributed by atoms with E-state index in [0.717, 1.165) is 17.4 Å². The summed E-state index contributed by atoms with van der Waals surface area (Å²) in [5.74, 6) is 1.89. The minimum absolute atomic E-state index is 0.0861. The fourth-order valence-electron chi connectivity index (χ4n) is 3.43. The number of rotatable bonds is 6. The molecule has 0 bridgehead atoms. The molecule has 3 nitrogen and oxygen atoms in total. The van der Waals surface area contributed by atoms with Gasteiger partial charge in [0.1, 0.15) is 6.10 Å². The molecule has 3 rings (SSSR count). The van der Waals surface area contributed by atoms with Crippen LogP contribution in [0.3, 0.4) is 0 Å². The van der Waals surface area contributed by atoms with Gasteiger partial charge in [0.2, 0.25) is 0 Å². The van der Waals surface area contributed by atoms with E-state index in [1.54, 1.807) is 0 Å². The van der Waals surface area contributed by atoms with Crippen molar-refractivity contribution in [3.63, 3.8) is 0 Å². The number of ether oxygens (including phenoxy) is 1. The molecule has 0 N–H and O–H groups in total. The molecule has 2 aromatic carbocycles. The predicted molar refractivity (Wildman–Crippen MR) is 103 cm³/mol. The van der Waals surface area contributed by atoms with Crippen LogP contribution in [0.1, 0.15) is 30.2 Å². The molecule has 26 heavy (non-hydrogen) atoms. The van der Waals surface area contributed by atoms with Crippen LogP contribution in [0.2, 0.25) is 0 Å². The standard InChI is InChI=1S/C23H24NO2/c1-17(25)26-23(19-13-8-5-9-14-19)21-16-10-15-20(21)22(24(2)3)18-11-6-4-7-12-18/h4-16,22-23H,1-3H3/t22-,23-/m0/s1. The molecular weight excluding hydrogens is 322 g/mol. The molecule has 2 aromatic rings. The van der Waals surface area contributed by atoms with E-state index in [0.29, 0.717) is 0 Å². The summed E-state index contributed by atoms with van der Waals surface area (Å²) in [7, 11) is 4.13. The second-order valence-electron chi connectivity index (χ2n) is 6.61. The molecule has 0 aromatic heterocycles. The van der Waals surface area contributed by atoms with E-state index in [9.17, 15) is 4.79 Å². The summed E-state index contributed by atoms with van der Waals surface area (Å²) < 4.78 is 5.73. The Kier molecular flexibility index (Phi) is 6.10. The van der Waals surface area contributed by atoms with Crippen molar-refractivity contribution < 1.29 is 9.53 Å². The third kappa shape index (κ3) is 4.16. The topological polar surface area (TPSA) is 29.5 Å². The third-order valence-corrected chi connectivity index (χ3v) is 4.48. The molecule has 0 amide bonds. The van der Waals surface area contributed by atoms with Crippen LogP contribution in [-0.2, 0) is 9.53 Å². The molecule has 1 aliphatic rings. The van der Waals surface area contributed by atoms with Gasteiger partial charge >= 0.3 is 5.97 Å². The number of esters is 1. The van der Waals surface area contributed by atoms with Crippen LogP contribution in [0, 0.1) is 31.1 Å². The summed E-state index contributed by atoms with van der Waals surface area (Å²) >= 11 is 0. The van der Waals surface area contributed by atoms with Gasteiger partial charge in [0, 0.05) is 24.8 Å². The molecule has 1 aliphatic carbocycles. The van der Waals surface area contributed by atoms with Gasteiger partial charge in [-0.05, 0) is 44.5 Å². The molecule has 0 heterocycles. The number of carbonyl (C=O) groups is 1. The van der Waals surface area contributed by atoms with Crippen LogP contribution in [0.15, 0.2) is 60.7 Å². The van der Waals surface area contributed by atoms with Gasteiger partial charge in [0.05, 0.1) is 0 Å². The zero-order valence-corrected chi connectivity index (χ0v) is 15.4. The quantitative estimate of drug-likeness (QED) is 0.728. The Morgan fingerprint density at radius 2 is 1.38 bits per heavy atom. The van der Waals surface area contributed by atoms with E-state index in [1.165, 1.54) is 12.5 Å². The maximum absolute atomic E-state index is 11.8. The number of nitrogens with zero attached hydrogens (tertiary/aromatic N) is 1. The molecule has 1 saturated carbocycles. The molecule has 0 unspecified atom stereocenters. The van der Waals surface area contributed by atoms with Crippen molar-refractivity contribution in [2.45, 2.75) is 19.1 Å². The highest BCUT2D eigenvalue weighted by Gasteiger charge is 2.43. The van der Waals surface area contributed by atoms with Gasteiger partial charge in [-0.2, -0.15) is 0 Å². The summed E-state index contributed by atoms with van der Waals surface area (Å²) in [4.78, 5) is 14.0. The number of carbonyl (C=O) groups excluding carboxylic acids is 1. The largest absolute Gasteiger partial charge is 0.457 e. The normalized spacial score (nSPS) is 18.0. The Morgan fingerprint density at radius 1 is 0.846 bits per heavy atom. The van der Waals surface area contributed by atoms with E-state index >= 15 is 0 Å². The van der Waals surface area contributed by atoms with Crippen molar-refractivity contribution in [1.82, 2.24) is 4.90 Å². The first-order valence-corrected chi connectivity index (χ1v) is 8.77. The molecular formula is C23H24NO2. The molecule has 0 spiro atoms. The first-order chi connectivity index (χ1) is 12.6. The van der Waals surface area contributed by atoms with Crippen molar-refractivity contribution >= 4 is 5.97 Å². The highest BCUT2D eigenvalue weighted by molar-refractivity contribution is 5.67. The van der Waals surface area contributed by atoms with Gasteiger partial charge in [-0.3, -0.25) is 4.79 Å². The first-order valence-electron chi connectivity index (χ1n) is 8.77. The van der Waals surface area contributed by atoms with E-state index < -0.39 is 6.10 Å². The van der Waals surface area contributed by atoms with Crippen molar-refractivity contribution in [1.29, 1.82) is 0 Å². The lowest BCUT2D eigenvalue weighted by Gasteiger charge is -2.36. The van der Waals surface area contributed by atoms with E-state index in [2.05, 4.69) is 56.1 Å². The Morgan fingerprint density at radius 3 is 1.92 bits per heavy atom. The Hall–Kier alpha value is -2.13. The minimum atomic E-state index is -0.412. The van der Waals surface area contributed by atoms with Crippen molar-refractivity contribution in [3.05, 3.63) is 103 Å². The molecule has 0 saturated heterocycles. The monoisotopic (exact) mass is 346 g/mol. The fourth-order valence-corrected chi connectivity index (χ4v) is 3.43. The van der Waals surface area contributed by atoms with Gasteiger partial charge in [-0.25, -0.2) is 0 Å². The zero-order valence-electron chi connectivity index (χ0n) is 15.4. The van der Waals surface area contributed by atoms with Crippen LogP contribution in [0.5, 0.6) is 0 Å². The van der Waals surface area contributed by atoms with E-state index in [-0.39, 0.29) is 12.0 Å². The summed E-state index contributed by atoms with van der Waals surface area (Å²) in [5, 5.41) is 0. The Bertz CT molecular complexity index is 699. The van der Waals surface area contributed by atoms with Gasteiger partial charge in [-0.15, -0.1) is 0 Å². The van der Waals surface area contributed by atoms with Crippen LogP contribution in [-0.4, -0.2) is 25.0 Å². The van der Waals surface area contributed by atoms with E-state index in [4.69, 9.17) is 4.74 Å². The fraction of sp³-hybridized carbons (Fsp3) is 0.217. The van der Waals surface area contributed by atoms with Crippen molar-refractivity contribution in [2.75, 3.05) is 14.1 Å².